The maximum atomic E-state index is 12.6. The molecule has 2 rings (SSSR count). The monoisotopic (exact) mass is 295 g/mol. The van der Waals surface area contributed by atoms with Gasteiger partial charge in [-0.3, -0.25) is 4.79 Å². The Morgan fingerprint density at radius 3 is 2.86 bits per heavy atom. The van der Waals surface area contributed by atoms with E-state index in [4.69, 9.17) is 14.3 Å². The van der Waals surface area contributed by atoms with Crippen molar-refractivity contribution in [3.05, 3.63) is 23.7 Å². The quantitative estimate of drug-likeness (QED) is 0.871. The lowest BCUT2D eigenvalue weighted by atomic mass is 9.91. The third kappa shape index (κ3) is 2.95. The molecular weight excluding hydrogens is 274 g/mol. The largest absolute Gasteiger partial charge is 0.478 e. The Kier molecular flexibility index (Phi) is 4.67. The lowest BCUT2D eigenvalue weighted by Gasteiger charge is -2.37. The van der Waals surface area contributed by atoms with Gasteiger partial charge in [0.2, 0.25) is 0 Å². The smallest absolute Gasteiger partial charge is 0.338 e. The predicted octanol–water partition coefficient (Wildman–Crippen LogP) is 2.40. The SMILES string of the molecule is CCCC1(COC)CCCN1C(=O)c1cc(C(=O)O)co1. The number of ether oxygens (including phenoxy) is 1. The van der Waals surface area contributed by atoms with E-state index in [2.05, 4.69) is 6.92 Å². The zero-order valence-electron chi connectivity index (χ0n) is 12.4. The van der Waals surface area contributed by atoms with Crippen molar-refractivity contribution < 1.29 is 23.8 Å². The fraction of sp³-hybridized carbons (Fsp3) is 0.600. The average molecular weight is 295 g/mol. The van der Waals surface area contributed by atoms with E-state index in [0.29, 0.717) is 13.2 Å². The summed E-state index contributed by atoms with van der Waals surface area (Å²) in [5.74, 6) is -1.28. The van der Waals surface area contributed by atoms with Gasteiger partial charge in [-0.2, -0.15) is 0 Å². The molecular formula is C15H21NO5. The molecule has 1 fully saturated rings. The third-order valence-electron chi connectivity index (χ3n) is 4.03. The molecule has 1 saturated heterocycles. The zero-order chi connectivity index (χ0) is 15.5. The molecule has 6 nitrogen and oxygen atoms in total. The Labute approximate surface area is 123 Å². The number of furan rings is 1. The molecule has 1 N–H and O–H groups in total. The number of likely N-dealkylation sites (tertiary alicyclic amines) is 1. The molecule has 116 valence electrons. The second-order valence-corrected chi connectivity index (χ2v) is 5.47. The summed E-state index contributed by atoms with van der Waals surface area (Å²) >= 11 is 0. The molecule has 1 aliphatic heterocycles. The van der Waals surface area contributed by atoms with Gasteiger partial charge in [-0.05, 0) is 19.3 Å². The number of aromatic carboxylic acids is 1. The summed E-state index contributed by atoms with van der Waals surface area (Å²) in [5, 5.41) is 8.91. The first kappa shape index (κ1) is 15.6. The first-order valence-corrected chi connectivity index (χ1v) is 7.17. The van der Waals surface area contributed by atoms with Gasteiger partial charge < -0.3 is 19.2 Å². The van der Waals surface area contributed by atoms with Gasteiger partial charge in [0.1, 0.15) is 6.26 Å². The lowest BCUT2D eigenvalue weighted by Crippen LogP contribution is -2.50. The fourth-order valence-electron chi connectivity index (χ4n) is 3.17. The molecule has 1 aromatic rings. The molecule has 1 amide bonds. The molecule has 2 heterocycles. The van der Waals surface area contributed by atoms with Gasteiger partial charge >= 0.3 is 5.97 Å². The second-order valence-electron chi connectivity index (χ2n) is 5.47. The van der Waals surface area contributed by atoms with Crippen LogP contribution in [0.15, 0.2) is 16.7 Å². The molecule has 0 bridgehead atoms. The van der Waals surface area contributed by atoms with E-state index < -0.39 is 5.97 Å². The minimum atomic E-state index is -1.10. The summed E-state index contributed by atoms with van der Waals surface area (Å²) in [6, 6.07) is 1.28. The summed E-state index contributed by atoms with van der Waals surface area (Å²) in [4.78, 5) is 25.3. The van der Waals surface area contributed by atoms with E-state index in [-0.39, 0.29) is 22.8 Å². The standard InChI is InChI=1S/C15H21NO5/c1-3-5-15(10-20-2)6-4-7-16(15)13(17)12-8-11(9-21-12)14(18)19/h8-9H,3-7,10H2,1-2H3,(H,18,19). The number of hydrogen-bond donors (Lipinski definition) is 1. The first-order valence-electron chi connectivity index (χ1n) is 7.17. The fourth-order valence-corrected chi connectivity index (χ4v) is 3.17. The molecule has 0 spiro atoms. The number of carbonyl (C=O) groups excluding carboxylic acids is 1. The van der Waals surface area contributed by atoms with Gasteiger partial charge in [0.25, 0.3) is 5.91 Å². The summed E-state index contributed by atoms with van der Waals surface area (Å²) in [6.07, 6.45) is 4.72. The number of carboxylic acid groups (broad SMARTS) is 1. The molecule has 21 heavy (non-hydrogen) atoms. The van der Waals surface area contributed by atoms with Crippen molar-refractivity contribution in [1.29, 1.82) is 0 Å². The van der Waals surface area contributed by atoms with Crippen LogP contribution in [-0.4, -0.2) is 47.7 Å². The van der Waals surface area contributed by atoms with E-state index in [1.807, 2.05) is 0 Å². The predicted molar refractivity (Wildman–Crippen MR) is 75.5 cm³/mol. The Balaban J connectivity index is 2.24. The minimum Gasteiger partial charge on any atom is -0.478 e. The highest BCUT2D eigenvalue weighted by atomic mass is 16.5. The second kappa shape index (κ2) is 6.30. The Morgan fingerprint density at radius 1 is 1.52 bits per heavy atom. The van der Waals surface area contributed by atoms with Gasteiger partial charge in [0.05, 0.1) is 17.7 Å². The number of nitrogens with zero attached hydrogens (tertiary/aromatic N) is 1. The van der Waals surface area contributed by atoms with Crippen LogP contribution in [0.4, 0.5) is 0 Å². The summed E-state index contributed by atoms with van der Waals surface area (Å²) in [7, 11) is 1.63. The number of hydrogen-bond acceptors (Lipinski definition) is 4. The van der Waals surface area contributed by atoms with Crippen molar-refractivity contribution in [3.8, 4) is 0 Å². The van der Waals surface area contributed by atoms with Crippen molar-refractivity contribution >= 4 is 11.9 Å². The van der Waals surface area contributed by atoms with E-state index >= 15 is 0 Å². The minimum absolute atomic E-state index is 0.00891. The van der Waals surface area contributed by atoms with Crippen LogP contribution >= 0.6 is 0 Å². The normalized spacial score (nSPS) is 21.7. The Bertz CT molecular complexity index is 516. The molecule has 1 unspecified atom stereocenters. The van der Waals surface area contributed by atoms with Gasteiger partial charge in [0, 0.05) is 19.7 Å². The van der Waals surface area contributed by atoms with Crippen molar-refractivity contribution in [2.75, 3.05) is 20.3 Å². The zero-order valence-corrected chi connectivity index (χ0v) is 12.4. The number of amides is 1. The molecule has 1 atom stereocenters. The van der Waals surface area contributed by atoms with E-state index in [0.717, 1.165) is 31.9 Å². The van der Waals surface area contributed by atoms with Crippen LogP contribution in [0, 0.1) is 0 Å². The summed E-state index contributed by atoms with van der Waals surface area (Å²) < 4.78 is 10.5. The maximum Gasteiger partial charge on any atom is 0.338 e. The molecule has 0 radical (unpaired) electrons. The van der Waals surface area contributed by atoms with E-state index in [1.165, 1.54) is 6.07 Å². The van der Waals surface area contributed by atoms with Crippen molar-refractivity contribution in [1.82, 2.24) is 4.90 Å². The number of carbonyl (C=O) groups is 2. The lowest BCUT2D eigenvalue weighted by molar-refractivity contribution is 0.0232. The van der Waals surface area contributed by atoms with Crippen LogP contribution in [0.3, 0.4) is 0 Å². The van der Waals surface area contributed by atoms with Crippen LogP contribution in [0.5, 0.6) is 0 Å². The van der Waals surface area contributed by atoms with Crippen LogP contribution in [0.25, 0.3) is 0 Å². The van der Waals surface area contributed by atoms with E-state index in [9.17, 15) is 9.59 Å². The summed E-state index contributed by atoms with van der Waals surface area (Å²) in [6.45, 7) is 3.21. The molecule has 1 aliphatic rings. The number of carboxylic acids is 1. The van der Waals surface area contributed by atoms with Crippen LogP contribution in [-0.2, 0) is 4.74 Å². The Morgan fingerprint density at radius 2 is 2.29 bits per heavy atom. The van der Waals surface area contributed by atoms with Crippen molar-refractivity contribution in [3.63, 3.8) is 0 Å². The van der Waals surface area contributed by atoms with Gasteiger partial charge in [-0.15, -0.1) is 0 Å². The Hall–Kier alpha value is -1.82. The molecule has 0 aliphatic carbocycles. The van der Waals surface area contributed by atoms with Crippen LogP contribution in [0.1, 0.15) is 53.5 Å². The number of rotatable bonds is 6. The maximum absolute atomic E-state index is 12.6. The van der Waals surface area contributed by atoms with Gasteiger partial charge in [-0.25, -0.2) is 4.79 Å². The first-order chi connectivity index (χ1) is 10.0. The molecule has 0 saturated carbocycles. The highest BCUT2D eigenvalue weighted by molar-refractivity contribution is 5.96. The molecule has 0 aromatic carbocycles. The van der Waals surface area contributed by atoms with Crippen molar-refractivity contribution in [2.45, 2.75) is 38.1 Å². The third-order valence-corrected chi connectivity index (χ3v) is 4.03. The van der Waals surface area contributed by atoms with Crippen molar-refractivity contribution in [2.24, 2.45) is 0 Å². The highest BCUT2D eigenvalue weighted by Crippen LogP contribution is 2.35. The van der Waals surface area contributed by atoms with Crippen LogP contribution in [0.2, 0.25) is 0 Å². The van der Waals surface area contributed by atoms with Gasteiger partial charge in [0.15, 0.2) is 5.76 Å². The number of methoxy groups -OCH3 is 1. The highest BCUT2D eigenvalue weighted by Gasteiger charge is 2.44. The van der Waals surface area contributed by atoms with E-state index in [1.54, 1.807) is 12.0 Å². The molecule has 1 aromatic heterocycles. The van der Waals surface area contributed by atoms with Gasteiger partial charge in [-0.1, -0.05) is 13.3 Å². The topological polar surface area (TPSA) is 80.0 Å². The summed E-state index contributed by atoms with van der Waals surface area (Å²) in [5.41, 5.74) is -0.318. The average Bonchev–Trinajstić information content (AvgIpc) is 3.06. The molecule has 6 heteroatoms. The van der Waals surface area contributed by atoms with Crippen LogP contribution < -0.4 is 0 Å².